The number of aliphatic carboxylic acids is 1. The number of carbonyl (C=O) groups excluding carboxylic acids is 1. The van der Waals surface area contributed by atoms with Crippen molar-refractivity contribution in [3.8, 4) is 6.07 Å². The van der Waals surface area contributed by atoms with E-state index >= 15 is 0 Å². The summed E-state index contributed by atoms with van der Waals surface area (Å²) >= 11 is 0. The summed E-state index contributed by atoms with van der Waals surface area (Å²) < 4.78 is 0. The zero-order valence-electron chi connectivity index (χ0n) is 12.4. The molecule has 2 atom stereocenters. The third kappa shape index (κ3) is 4.08. The molecular weight excluding hydrogens is 280 g/mol. The number of carboxylic acid groups (broad SMARTS) is 1. The van der Waals surface area contributed by atoms with Crippen molar-refractivity contribution in [2.24, 2.45) is 5.92 Å². The van der Waals surface area contributed by atoms with Crippen LogP contribution in [0.2, 0.25) is 0 Å². The molecule has 0 saturated heterocycles. The first-order valence-corrected chi connectivity index (χ1v) is 7.61. The third-order valence-corrected chi connectivity index (χ3v) is 4.15. The van der Waals surface area contributed by atoms with Gasteiger partial charge >= 0.3 is 5.97 Å². The van der Waals surface area contributed by atoms with E-state index in [1.807, 2.05) is 0 Å². The van der Waals surface area contributed by atoms with Gasteiger partial charge in [-0.2, -0.15) is 5.26 Å². The standard InChI is InChI=1S/C17H20N2O3/c18-11-10-12-6-8-13(9-7-12)16(20)19-15-5-3-1-2-4-14(15)17(21)22/h6-9,14-15H,1-5,10H2,(H,19,20)(H,21,22)/t14-,15+/m1/s1. The fourth-order valence-electron chi connectivity index (χ4n) is 2.89. The number of amides is 1. The Hall–Kier alpha value is -2.35. The molecule has 0 bridgehead atoms. The van der Waals surface area contributed by atoms with Gasteiger partial charge in [0.05, 0.1) is 18.4 Å². The van der Waals surface area contributed by atoms with E-state index in [1.54, 1.807) is 24.3 Å². The number of carboxylic acids is 1. The normalized spacial score (nSPS) is 21.4. The Morgan fingerprint density at radius 2 is 1.86 bits per heavy atom. The highest BCUT2D eigenvalue weighted by Gasteiger charge is 2.30. The molecular formula is C17H20N2O3. The van der Waals surface area contributed by atoms with Gasteiger partial charge in [0.25, 0.3) is 5.91 Å². The Kier molecular flexibility index (Phi) is 5.54. The van der Waals surface area contributed by atoms with Gasteiger partial charge in [-0.05, 0) is 30.5 Å². The van der Waals surface area contributed by atoms with E-state index in [2.05, 4.69) is 11.4 Å². The summed E-state index contributed by atoms with van der Waals surface area (Å²) in [7, 11) is 0. The molecule has 1 amide bonds. The molecule has 2 rings (SSSR count). The molecule has 2 N–H and O–H groups in total. The van der Waals surface area contributed by atoms with Crippen molar-refractivity contribution in [1.82, 2.24) is 5.32 Å². The second kappa shape index (κ2) is 7.60. The number of nitriles is 1. The van der Waals surface area contributed by atoms with E-state index in [4.69, 9.17) is 5.26 Å². The predicted octanol–water partition coefficient (Wildman–Crippen LogP) is 2.52. The van der Waals surface area contributed by atoms with Crippen LogP contribution in [0.15, 0.2) is 24.3 Å². The molecule has 1 fully saturated rings. The molecule has 1 aliphatic carbocycles. The molecule has 1 aromatic rings. The Balaban J connectivity index is 2.05. The summed E-state index contributed by atoms with van der Waals surface area (Å²) in [6.07, 6.45) is 4.48. The number of carbonyl (C=O) groups is 2. The van der Waals surface area contributed by atoms with Crippen molar-refractivity contribution in [2.75, 3.05) is 0 Å². The van der Waals surface area contributed by atoms with Gasteiger partial charge in [-0.25, -0.2) is 0 Å². The van der Waals surface area contributed by atoms with Crippen LogP contribution >= 0.6 is 0 Å². The number of rotatable bonds is 4. The van der Waals surface area contributed by atoms with Crippen molar-refractivity contribution in [1.29, 1.82) is 5.26 Å². The molecule has 1 aromatic carbocycles. The quantitative estimate of drug-likeness (QED) is 0.836. The highest BCUT2D eigenvalue weighted by molar-refractivity contribution is 5.94. The highest BCUT2D eigenvalue weighted by Crippen LogP contribution is 2.24. The number of nitrogens with one attached hydrogen (secondary N) is 1. The van der Waals surface area contributed by atoms with Crippen molar-refractivity contribution < 1.29 is 14.7 Å². The molecule has 0 radical (unpaired) electrons. The average Bonchev–Trinajstić information content (AvgIpc) is 2.74. The monoisotopic (exact) mass is 300 g/mol. The second-order valence-electron chi connectivity index (χ2n) is 5.69. The minimum Gasteiger partial charge on any atom is -0.481 e. The van der Waals surface area contributed by atoms with Crippen LogP contribution in [0.4, 0.5) is 0 Å². The Morgan fingerprint density at radius 3 is 2.50 bits per heavy atom. The van der Waals surface area contributed by atoms with Gasteiger partial charge in [-0.3, -0.25) is 9.59 Å². The van der Waals surface area contributed by atoms with Crippen LogP contribution in [0.1, 0.15) is 48.0 Å². The first kappa shape index (κ1) is 16.0. The highest BCUT2D eigenvalue weighted by atomic mass is 16.4. The van der Waals surface area contributed by atoms with E-state index in [-0.39, 0.29) is 11.9 Å². The summed E-state index contributed by atoms with van der Waals surface area (Å²) in [5.74, 6) is -1.59. The van der Waals surface area contributed by atoms with Crippen LogP contribution < -0.4 is 5.32 Å². The topological polar surface area (TPSA) is 90.2 Å². The first-order valence-electron chi connectivity index (χ1n) is 7.61. The maximum atomic E-state index is 12.3. The van der Waals surface area contributed by atoms with Crippen molar-refractivity contribution in [2.45, 2.75) is 44.6 Å². The van der Waals surface area contributed by atoms with E-state index in [9.17, 15) is 14.7 Å². The molecule has 1 saturated carbocycles. The summed E-state index contributed by atoms with van der Waals surface area (Å²) in [6.45, 7) is 0. The number of benzene rings is 1. The SMILES string of the molecule is N#CCc1ccc(C(=O)N[C@H]2CCCCC[C@H]2C(=O)O)cc1. The van der Waals surface area contributed by atoms with Crippen LogP contribution in [0, 0.1) is 17.2 Å². The van der Waals surface area contributed by atoms with Crippen LogP contribution in [-0.4, -0.2) is 23.0 Å². The lowest BCUT2D eigenvalue weighted by Crippen LogP contribution is -2.42. The Labute approximate surface area is 129 Å². The average molecular weight is 300 g/mol. The number of hydrogen-bond acceptors (Lipinski definition) is 3. The molecule has 0 aliphatic heterocycles. The molecule has 5 heteroatoms. The van der Waals surface area contributed by atoms with Crippen LogP contribution in [-0.2, 0) is 11.2 Å². The largest absolute Gasteiger partial charge is 0.481 e. The van der Waals surface area contributed by atoms with Gasteiger partial charge in [0, 0.05) is 11.6 Å². The summed E-state index contributed by atoms with van der Waals surface area (Å²) in [5.41, 5.74) is 1.35. The zero-order chi connectivity index (χ0) is 15.9. The molecule has 1 aliphatic rings. The lowest BCUT2D eigenvalue weighted by Gasteiger charge is -2.22. The minimum atomic E-state index is -0.837. The lowest BCUT2D eigenvalue weighted by atomic mass is 9.94. The van der Waals surface area contributed by atoms with Gasteiger partial charge in [0.1, 0.15) is 0 Å². The number of hydrogen-bond donors (Lipinski definition) is 2. The van der Waals surface area contributed by atoms with Crippen molar-refractivity contribution in [3.63, 3.8) is 0 Å². The summed E-state index contributed by atoms with van der Waals surface area (Å²) in [4.78, 5) is 23.7. The Morgan fingerprint density at radius 1 is 1.18 bits per heavy atom. The van der Waals surface area contributed by atoms with Gasteiger partial charge in [0.15, 0.2) is 0 Å². The molecule has 22 heavy (non-hydrogen) atoms. The summed E-state index contributed by atoms with van der Waals surface area (Å²) in [6, 6.07) is 8.59. The smallest absolute Gasteiger partial charge is 0.308 e. The zero-order valence-corrected chi connectivity index (χ0v) is 12.4. The predicted molar refractivity (Wildman–Crippen MR) is 81.2 cm³/mol. The van der Waals surface area contributed by atoms with Gasteiger partial charge < -0.3 is 10.4 Å². The maximum absolute atomic E-state index is 12.3. The molecule has 116 valence electrons. The van der Waals surface area contributed by atoms with E-state index < -0.39 is 11.9 Å². The van der Waals surface area contributed by atoms with Crippen LogP contribution in [0.3, 0.4) is 0 Å². The van der Waals surface area contributed by atoms with Crippen LogP contribution in [0.25, 0.3) is 0 Å². The molecule has 0 aromatic heterocycles. The Bertz CT molecular complexity index is 575. The molecule has 0 unspecified atom stereocenters. The molecule has 0 heterocycles. The van der Waals surface area contributed by atoms with Crippen molar-refractivity contribution in [3.05, 3.63) is 35.4 Å². The van der Waals surface area contributed by atoms with Crippen molar-refractivity contribution >= 4 is 11.9 Å². The number of nitrogens with zero attached hydrogens (tertiary/aromatic N) is 1. The third-order valence-electron chi connectivity index (χ3n) is 4.15. The summed E-state index contributed by atoms with van der Waals surface area (Å²) in [5, 5.41) is 20.8. The maximum Gasteiger partial charge on any atom is 0.308 e. The van der Waals surface area contributed by atoms with Gasteiger partial charge in [0.2, 0.25) is 0 Å². The minimum absolute atomic E-state index is 0.248. The van der Waals surface area contributed by atoms with Gasteiger partial charge in [-0.15, -0.1) is 0 Å². The molecule has 0 spiro atoms. The van der Waals surface area contributed by atoms with Crippen LogP contribution in [0.5, 0.6) is 0 Å². The van der Waals surface area contributed by atoms with E-state index in [0.717, 1.165) is 24.8 Å². The second-order valence-corrected chi connectivity index (χ2v) is 5.69. The fraction of sp³-hybridized carbons (Fsp3) is 0.471. The lowest BCUT2D eigenvalue weighted by molar-refractivity contribution is -0.142. The fourth-order valence-corrected chi connectivity index (χ4v) is 2.89. The van der Waals surface area contributed by atoms with E-state index in [0.29, 0.717) is 24.8 Å². The first-order chi connectivity index (χ1) is 10.6. The van der Waals surface area contributed by atoms with Gasteiger partial charge in [-0.1, -0.05) is 31.4 Å². The van der Waals surface area contributed by atoms with E-state index in [1.165, 1.54) is 0 Å². The molecule has 5 nitrogen and oxygen atoms in total.